The number of carbonyl (C=O) groups is 1. The molecule has 4 N–H and O–H groups in total. The van der Waals surface area contributed by atoms with E-state index < -0.39 is 0 Å². The van der Waals surface area contributed by atoms with Gasteiger partial charge in [0.25, 0.3) is 0 Å². The number of nitrogens with two attached hydrogens (primary N) is 1. The molecule has 0 spiro atoms. The second-order valence-corrected chi connectivity index (χ2v) is 11.6. The largest absolute Gasteiger partial charge is 0.399 e. The summed E-state index contributed by atoms with van der Waals surface area (Å²) in [5.41, 5.74) is 11.8. The molecule has 12 heteroatoms. The molecule has 5 aromatic rings. The molecule has 1 aliphatic heterocycles. The predicted molar refractivity (Wildman–Crippen MR) is 161 cm³/mol. The van der Waals surface area contributed by atoms with Gasteiger partial charge in [-0.3, -0.25) is 18.8 Å². The zero-order valence-corrected chi connectivity index (χ0v) is 24.1. The van der Waals surface area contributed by atoms with Gasteiger partial charge in [0.1, 0.15) is 11.5 Å². The molecule has 1 atom stereocenters. The topological polar surface area (TPSA) is 131 Å². The average Bonchev–Trinajstić information content (AvgIpc) is 3.68. The summed E-state index contributed by atoms with van der Waals surface area (Å²) in [5, 5.41) is 11.7. The summed E-state index contributed by atoms with van der Waals surface area (Å²) >= 11 is 1.44. The van der Waals surface area contributed by atoms with Gasteiger partial charge in [-0.2, -0.15) is 9.47 Å². The van der Waals surface area contributed by atoms with E-state index in [9.17, 15) is 4.79 Å². The Balaban J connectivity index is 1.14. The van der Waals surface area contributed by atoms with Crippen molar-refractivity contribution in [3.63, 3.8) is 0 Å². The van der Waals surface area contributed by atoms with Crippen LogP contribution in [0, 0.1) is 12.8 Å². The first-order chi connectivity index (χ1) is 19.9. The Bertz CT molecular complexity index is 1670. The number of rotatable bonds is 9. The Hall–Kier alpha value is -4.29. The minimum atomic E-state index is -0.134. The average molecular weight is 571 g/mol. The fourth-order valence-electron chi connectivity index (χ4n) is 5.32. The minimum absolute atomic E-state index is 0.108. The van der Waals surface area contributed by atoms with Crippen LogP contribution in [-0.4, -0.2) is 52.4 Å². The lowest BCUT2D eigenvalue weighted by atomic mass is 10.0. The number of fused-ring (bicyclic) bond motifs is 1. The number of carbonyl (C=O) groups excluding carboxylic acids is 1. The molecule has 1 saturated heterocycles. The Morgan fingerprint density at radius 3 is 2.98 bits per heavy atom. The van der Waals surface area contributed by atoms with Gasteiger partial charge in [0.05, 0.1) is 29.5 Å². The second-order valence-electron chi connectivity index (χ2n) is 10.8. The van der Waals surface area contributed by atoms with Gasteiger partial charge in [-0.25, -0.2) is 9.97 Å². The van der Waals surface area contributed by atoms with Crippen molar-refractivity contribution in [2.75, 3.05) is 24.1 Å². The van der Waals surface area contributed by atoms with Crippen molar-refractivity contribution in [3.8, 4) is 11.3 Å². The van der Waals surface area contributed by atoms with Gasteiger partial charge in [-0.1, -0.05) is 19.1 Å². The number of imidazole rings is 1. The third kappa shape index (κ3) is 6.39. The van der Waals surface area contributed by atoms with Gasteiger partial charge >= 0.3 is 0 Å². The maximum Gasteiger partial charge on any atom is 0.241 e. The fraction of sp³-hybridized carbons (Fsp3) is 0.345. The van der Waals surface area contributed by atoms with E-state index in [0.717, 1.165) is 58.8 Å². The number of nitrogens with zero attached hydrogens (tertiary/aromatic N) is 7. The lowest BCUT2D eigenvalue weighted by molar-refractivity contribution is -0.122. The lowest BCUT2D eigenvalue weighted by Crippen LogP contribution is -2.33. The van der Waals surface area contributed by atoms with E-state index in [1.165, 1.54) is 24.4 Å². The number of piperidine rings is 1. The molecule has 0 aliphatic carbocycles. The molecule has 0 bridgehead atoms. The molecule has 1 amide bonds. The SMILES string of the molecule is Cc1cn2c(-c3cnn(CC(=O)NCc4cccc(N)c4)c3)cnc2c(Nc2cc(CN3CCCC(C)C3)ns2)n1. The quantitative estimate of drug-likeness (QED) is 0.224. The number of aryl methyl sites for hydroxylation is 1. The van der Waals surface area contributed by atoms with Crippen LogP contribution >= 0.6 is 11.5 Å². The van der Waals surface area contributed by atoms with Crippen molar-refractivity contribution >= 4 is 39.6 Å². The molecule has 1 fully saturated rings. The van der Waals surface area contributed by atoms with Crippen LogP contribution in [0.3, 0.4) is 0 Å². The standard InChI is InChI=1S/C29H34N10OS/c1-19-5-4-8-37(14-19)17-24-10-27(41-36-24)35-28-29-32-13-25(39(29)15-20(2)34-28)22-12-33-38(16-22)18-26(40)31-11-21-6-3-7-23(30)9-21/h3,6-7,9-10,12-13,15-16,19H,4-5,8,11,14,17-18,30H2,1-2H3,(H,31,40)(H,34,35). The highest BCUT2D eigenvalue weighted by Gasteiger charge is 2.18. The van der Waals surface area contributed by atoms with E-state index in [1.54, 1.807) is 17.1 Å². The number of amides is 1. The molecule has 11 nitrogen and oxygen atoms in total. The maximum atomic E-state index is 12.5. The Kier molecular flexibility index (Phi) is 7.66. The summed E-state index contributed by atoms with van der Waals surface area (Å²) in [4.78, 5) is 24.4. The number of aromatic nitrogens is 6. The lowest BCUT2D eigenvalue weighted by Gasteiger charge is -2.30. The number of benzene rings is 1. The van der Waals surface area contributed by atoms with Crippen LogP contribution in [0.25, 0.3) is 16.9 Å². The highest BCUT2D eigenvalue weighted by atomic mass is 32.1. The number of likely N-dealkylation sites (tertiary alicyclic amines) is 1. The summed E-state index contributed by atoms with van der Waals surface area (Å²) < 4.78 is 8.31. The molecule has 212 valence electrons. The Morgan fingerprint density at radius 1 is 1.22 bits per heavy atom. The van der Waals surface area contributed by atoms with E-state index in [0.29, 0.717) is 23.7 Å². The summed E-state index contributed by atoms with van der Waals surface area (Å²) in [6.07, 6.45) is 9.91. The normalized spacial score (nSPS) is 15.8. The molecule has 5 heterocycles. The molecule has 4 aromatic heterocycles. The molecule has 1 aliphatic rings. The highest BCUT2D eigenvalue weighted by molar-refractivity contribution is 7.10. The van der Waals surface area contributed by atoms with Gasteiger partial charge < -0.3 is 16.4 Å². The van der Waals surface area contributed by atoms with Crippen molar-refractivity contribution in [1.82, 2.24) is 38.7 Å². The van der Waals surface area contributed by atoms with E-state index in [2.05, 4.69) is 43.0 Å². The third-order valence-electron chi connectivity index (χ3n) is 7.22. The predicted octanol–water partition coefficient (Wildman–Crippen LogP) is 4.23. The first kappa shape index (κ1) is 26.9. The molecular weight excluding hydrogens is 536 g/mol. The molecule has 6 rings (SSSR count). The van der Waals surface area contributed by atoms with Crippen LogP contribution in [0.5, 0.6) is 0 Å². The first-order valence-corrected chi connectivity index (χ1v) is 14.6. The molecule has 41 heavy (non-hydrogen) atoms. The van der Waals surface area contributed by atoms with Gasteiger partial charge in [-0.05, 0) is 67.5 Å². The zero-order chi connectivity index (χ0) is 28.3. The minimum Gasteiger partial charge on any atom is -0.399 e. The molecule has 1 aromatic carbocycles. The first-order valence-electron chi connectivity index (χ1n) is 13.8. The summed E-state index contributed by atoms with van der Waals surface area (Å²) in [7, 11) is 0. The van der Waals surface area contributed by atoms with Crippen molar-refractivity contribution < 1.29 is 4.79 Å². The van der Waals surface area contributed by atoms with Crippen molar-refractivity contribution in [2.24, 2.45) is 5.92 Å². The smallest absolute Gasteiger partial charge is 0.241 e. The number of hydrogen-bond donors (Lipinski definition) is 3. The number of hydrogen-bond acceptors (Lipinski definition) is 9. The Labute approximate surface area is 242 Å². The van der Waals surface area contributed by atoms with Crippen LogP contribution < -0.4 is 16.4 Å². The van der Waals surface area contributed by atoms with Crippen LogP contribution in [-0.2, 0) is 24.4 Å². The molecule has 1 unspecified atom stereocenters. The van der Waals surface area contributed by atoms with E-state index in [-0.39, 0.29) is 12.5 Å². The van der Waals surface area contributed by atoms with Gasteiger partial charge in [-0.15, -0.1) is 0 Å². The van der Waals surface area contributed by atoms with Crippen molar-refractivity contribution in [2.45, 2.75) is 46.3 Å². The summed E-state index contributed by atoms with van der Waals surface area (Å²) in [6, 6.07) is 9.57. The third-order valence-corrected chi connectivity index (χ3v) is 7.96. The van der Waals surface area contributed by atoms with E-state index in [4.69, 9.17) is 10.7 Å². The van der Waals surface area contributed by atoms with Crippen LogP contribution in [0.15, 0.2) is 55.1 Å². The van der Waals surface area contributed by atoms with Crippen molar-refractivity contribution in [3.05, 3.63) is 72.1 Å². The number of anilines is 3. The van der Waals surface area contributed by atoms with Crippen LogP contribution in [0.2, 0.25) is 0 Å². The highest BCUT2D eigenvalue weighted by Crippen LogP contribution is 2.28. The summed E-state index contributed by atoms with van der Waals surface area (Å²) in [5.74, 6) is 1.28. The van der Waals surface area contributed by atoms with Gasteiger partial charge in [0.15, 0.2) is 11.5 Å². The van der Waals surface area contributed by atoms with E-state index in [1.807, 2.05) is 48.0 Å². The number of nitrogens with one attached hydrogen (secondary N) is 2. The summed E-state index contributed by atoms with van der Waals surface area (Å²) in [6.45, 7) is 7.92. The molecular formula is C29H34N10OS. The van der Waals surface area contributed by atoms with Crippen molar-refractivity contribution in [1.29, 1.82) is 0 Å². The van der Waals surface area contributed by atoms with E-state index >= 15 is 0 Å². The van der Waals surface area contributed by atoms with Gasteiger partial charge in [0, 0.05) is 43.3 Å². The second kappa shape index (κ2) is 11.7. The van der Waals surface area contributed by atoms with Crippen LogP contribution in [0.1, 0.15) is 36.7 Å². The Morgan fingerprint density at radius 2 is 2.12 bits per heavy atom. The zero-order valence-electron chi connectivity index (χ0n) is 23.2. The number of nitrogen functional groups attached to an aromatic ring is 1. The monoisotopic (exact) mass is 570 g/mol. The molecule has 0 saturated carbocycles. The molecule has 0 radical (unpaired) electrons. The fourth-order valence-corrected chi connectivity index (χ4v) is 5.97. The maximum absolute atomic E-state index is 12.5. The van der Waals surface area contributed by atoms with Gasteiger partial charge in [0.2, 0.25) is 5.91 Å². The van der Waals surface area contributed by atoms with Crippen LogP contribution in [0.4, 0.5) is 16.5 Å².